The summed E-state index contributed by atoms with van der Waals surface area (Å²) in [4.78, 5) is 32.7. The van der Waals surface area contributed by atoms with Crippen molar-refractivity contribution in [3.05, 3.63) is 94.3 Å². The van der Waals surface area contributed by atoms with Gasteiger partial charge in [-0.3, -0.25) is 14.5 Å². The Bertz CT molecular complexity index is 1260. The average Bonchev–Trinajstić information content (AvgIpc) is 3.67. The molecular formula is C28H30N4O2S. The third-order valence-corrected chi connectivity index (χ3v) is 7.57. The number of fused-ring (bicyclic) bond motifs is 1. The van der Waals surface area contributed by atoms with E-state index in [-0.39, 0.29) is 17.9 Å². The summed E-state index contributed by atoms with van der Waals surface area (Å²) in [6.07, 6.45) is 4.70. The van der Waals surface area contributed by atoms with E-state index in [1.807, 2.05) is 60.1 Å². The van der Waals surface area contributed by atoms with Crippen molar-refractivity contribution in [2.75, 3.05) is 19.6 Å². The minimum absolute atomic E-state index is 0.115. The number of aromatic amines is 1. The molecule has 2 unspecified atom stereocenters. The van der Waals surface area contributed by atoms with E-state index in [9.17, 15) is 9.59 Å². The first-order valence-electron chi connectivity index (χ1n) is 12.1. The van der Waals surface area contributed by atoms with Crippen LogP contribution < -0.4 is 10.6 Å². The van der Waals surface area contributed by atoms with Crippen molar-refractivity contribution in [3.63, 3.8) is 0 Å². The van der Waals surface area contributed by atoms with Crippen LogP contribution in [0.1, 0.15) is 39.7 Å². The van der Waals surface area contributed by atoms with E-state index in [0.29, 0.717) is 17.8 Å². The van der Waals surface area contributed by atoms with E-state index in [1.165, 1.54) is 29.7 Å². The normalized spacial score (nSPS) is 15.7. The molecule has 1 aliphatic rings. The lowest BCUT2D eigenvalue weighted by Crippen LogP contribution is -2.49. The number of carbonyl (C=O) groups excluding carboxylic acids is 2. The van der Waals surface area contributed by atoms with Gasteiger partial charge in [-0.25, -0.2) is 0 Å². The van der Waals surface area contributed by atoms with Gasteiger partial charge in [0.05, 0.1) is 10.9 Å². The predicted molar refractivity (Wildman–Crippen MR) is 141 cm³/mol. The van der Waals surface area contributed by atoms with E-state index in [1.54, 1.807) is 6.07 Å². The number of nitrogens with zero attached hydrogens (tertiary/aromatic N) is 1. The lowest BCUT2D eigenvalue weighted by Gasteiger charge is -2.29. The molecule has 35 heavy (non-hydrogen) atoms. The first kappa shape index (κ1) is 23.3. The van der Waals surface area contributed by atoms with Crippen LogP contribution in [0.4, 0.5) is 0 Å². The van der Waals surface area contributed by atoms with E-state index in [2.05, 4.69) is 32.7 Å². The Hall–Kier alpha value is -3.42. The van der Waals surface area contributed by atoms with Gasteiger partial charge in [-0.15, -0.1) is 11.3 Å². The number of H-pyrrole nitrogens is 1. The summed E-state index contributed by atoms with van der Waals surface area (Å²) in [5.74, 6) is -0.389. The van der Waals surface area contributed by atoms with Gasteiger partial charge in [0.15, 0.2) is 0 Å². The fourth-order valence-electron chi connectivity index (χ4n) is 4.87. The first-order chi connectivity index (χ1) is 17.2. The number of thiophene rings is 1. The summed E-state index contributed by atoms with van der Waals surface area (Å²) >= 11 is 1.37. The number of benzene rings is 2. The molecule has 6 nitrogen and oxygen atoms in total. The Kier molecular flexibility index (Phi) is 7.25. The van der Waals surface area contributed by atoms with Crippen LogP contribution in [0.5, 0.6) is 0 Å². The summed E-state index contributed by atoms with van der Waals surface area (Å²) in [7, 11) is 0. The van der Waals surface area contributed by atoms with Gasteiger partial charge in [-0.2, -0.15) is 0 Å². The van der Waals surface area contributed by atoms with Gasteiger partial charge >= 0.3 is 0 Å². The highest BCUT2D eigenvalue weighted by atomic mass is 32.1. The number of aromatic nitrogens is 1. The number of carbonyl (C=O) groups is 2. The standard InChI is InChI=1S/C28H30N4O2S/c33-27(30-19-25(32-14-6-7-15-32)20-9-2-1-3-10-20)24(31-28(34)26-13-8-16-35-26)17-21-18-29-23-12-5-4-11-22(21)23/h1-5,8-13,16,18,24-25,29H,6-7,14-15,17,19H2,(H,30,33)(H,31,34). The van der Waals surface area contributed by atoms with Gasteiger partial charge in [0.2, 0.25) is 5.91 Å². The van der Waals surface area contributed by atoms with Crippen LogP contribution in [-0.2, 0) is 11.2 Å². The monoisotopic (exact) mass is 486 g/mol. The molecule has 0 radical (unpaired) electrons. The van der Waals surface area contributed by atoms with Crippen LogP contribution in [0, 0.1) is 0 Å². The zero-order valence-corrected chi connectivity index (χ0v) is 20.4. The average molecular weight is 487 g/mol. The van der Waals surface area contributed by atoms with E-state index in [0.717, 1.165) is 29.6 Å². The van der Waals surface area contributed by atoms with Crippen LogP contribution >= 0.6 is 11.3 Å². The first-order valence-corrected chi connectivity index (χ1v) is 13.0. The maximum absolute atomic E-state index is 13.5. The van der Waals surface area contributed by atoms with Crippen molar-refractivity contribution in [1.82, 2.24) is 20.5 Å². The van der Waals surface area contributed by atoms with Gasteiger partial charge in [-0.05, 0) is 54.6 Å². The molecule has 2 aromatic carbocycles. The topological polar surface area (TPSA) is 77.2 Å². The van der Waals surface area contributed by atoms with Crippen molar-refractivity contribution < 1.29 is 9.59 Å². The second kappa shape index (κ2) is 10.9. The second-order valence-corrected chi connectivity index (χ2v) is 9.93. The van der Waals surface area contributed by atoms with Gasteiger partial charge in [0, 0.05) is 30.1 Å². The van der Waals surface area contributed by atoms with Crippen LogP contribution in [0.25, 0.3) is 10.9 Å². The smallest absolute Gasteiger partial charge is 0.262 e. The quantitative estimate of drug-likeness (QED) is 0.325. The summed E-state index contributed by atoms with van der Waals surface area (Å²) in [5, 5.41) is 9.08. The van der Waals surface area contributed by atoms with E-state index in [4.69, 9.17) is 0 Å². The molecule has 1 saturated heterocycles. The number of para-hydroxylation sites is 1. The lowest BCUT2D eigenvalue weighted by atomic mass is 10.0. The molecule has 0 spiro atoms. The Morgan fingerprint density at radius 3 is 2.51 bits per heavy atom. The largest absolute Gasteiger partial charge is 0.361 e. The zero-order chi connectivity index (χ0) is 24.0. The van der Waals surface area contributed by atoms with Gasteiger partial charge < -0.3 is 15.6 Å². The van der Waals surface area contributed by atoms with Crippen molar-refractivity contribution in [2.45, 2.75) is 31.3 Å². The number of rotatable bonds is 9. The van der Waals surface area contributed by atoms with E-state index < -0.39 is 6.04 Å². The van der Waals surface area contributed by atoms with Crippen LogP contribution in [0.3, 0.4) is 0 Å². The third-order valence-electron chi connectivity index (χ3n) is 6.70. The summed E-state index contributed by atoms with van der Waals surface area (Å²) in [6.45, 7) is 2.56. The fraction of sp³-hybridized carbons (Fsp3) is 0.286. The number of hydrogen-bond acceptors (Lipinski definition) is 4. The Balaban J connectivity index is 1.34. The number of nitrogens with one attached hydrogen (secondary N) is 3. The lowest BCUT2D eigenvalue weighted by molar-refractivity contribution is -0.123. The Morgan fingerprint density at radius 1 is 0.971 bits per heavy atom. The molecule has 0 aliphatic carbocycles. The van der Waals surface area contributed by atoms with Crippen molar-refractivity contribution >= 4 is 34.1 Å². The molecule has 2 amide bonds. The molecule has 0 bridgehead atoms. The van der Waals surface area contributed by atoms with Crippen LogP contribution in [0.15, 0.2) is 78.3 Å². The predicted octanol–water partition coefficient (Wildman–Crippen LogP) is 4.52. The van der Waals surface area contributed by atoms with Crippen molar-refractivity contribution in [3.8, 4) is 0 Å². The SMILES string of the molecule is O=C(NC(Cc1c[nH]c2ccccc12)C(=O)NCC(c1ccccc1)N1CCCC1)c1cccs1. The molecule has 1 aliphatic heterocycles. The maximum Gasteiger partial charge on any atom is 0.262 e. The zero-order valence-electron chi connectivity index (χ0n) is 19.6. The summed E-state index contributed by atoms with van der Waals surface area (Å²) < 4.78 is 0. The third kappa shape index (κ3) is 5.47. The van der Waals surface area contributed by atoms with Crippen LogP contribution in [-0.4, -0.2) is 47.4 Å². The molecule has 1 fully saturated rings. The van der Waals surface area contributed by atoms with Crippen molar-refractivity contribution in [1.29, 1.82) is 0 Å². The summed E-state index contributed by atoms with van der Waals surface area (Å²) in [5.41, 5.74) is 3.22. The van der Waals surface area contributed by atoms with Crippen molar-refractivity contribution in [2.24, 2.45) is 0 Å². The number of hydrogen-bond donors (Lipinski definition) is 3. The number of likely N-dealkylation sites (tertiary alicyclic amines) is 1. The molecule has 4 aromatic rings. The highest BCUT2D eigenvalue weighted by Crippen LogP contribution is 2.25. The molecule has 2 aromatic heterocycles. The number of amides is 2. The fourth-order valence-corrected chi connectivity index (χ4v) is 5.50. The van der Waals surface area contributed by atoms with E-state index >= 15 is 0 Å². The second-order valence-electron chi connectivity index (χ2n) is 8.98. The minimum Gasteiger partial charge on any atom is -0.361 e. The highest BCUT2D eigenvalue weighted by Gasteiger charge is 2.27. The Morgan fingerprint density at radius 2 is 1.74 bits per heavy atom. The molecule has 3 heterocycles. The molecule has 7 heteroatoms. The summed E-state index contributed by atoms with van der Waals surface area (Å²) in [6, 6.07) is 21.4. The van der Waals surface area contributed by atoms with Gasteiger partial charge in [-0.1, -0.05) is 54.6 Å². The van der Waals surface area contributed by atoms with Crippen LogP contribution in [0.2, 0.25) is 0 Å². The Labute approximate surface area is 209 Å². The minimum atomic E-state index is -0.682. The molecule has 3 N–H and O–H groups in total. The highest BCUT2D eigenvalue weighted by molar-refractivity contribution is 7.12. The molecule has 0 saturated carbocycles. The molecule has 180 valence electrons. The molecule has 5 rings (SSSR count). The van der Waals surface area contributed by atoms with Gasteiger partial charge in [0.1, 0.15) is 6.04 Å². The molecule has 2 atom stereocenters. The molecular weight excluding hydrogens is 456 g/mol. The maximum atomic E-state index is 13.5. The van der Waals surface area contributed by atoms with Gasteiger partial charge in [0.25, 0.3) is 5.91 Å².